The summed E-state index contributed by atoms with van der Waals surface area (Å²) in [5, 5.41) is 20.2. The van der Waals surface area contributed by atoms with Crippen LogP contribution >= 0.6 is 0 Å². The van der Waals surface area contributed by atoms with E-state index in [0.717, 1.165) is 19.3 Å². The number of nitro benzene ring substituents is 1. The Morgan fingerprint density at radius 2 is 1.93 bits per heavy atom. The maximum Gasteiger partial charge on any atom is 0.269 e. The minimum absolute atomic E-state index is 0.0557. The van der Waals surface area contributed by atoms with Gasteiger partial charge in [-0.1, -0.05) is 6.42 Å². The molecule has 0 radical (unpaired) electrons. The van der Waals surface area contributed by atoms with Gasteiger partial charge in [-0.2, -0.15) is 5.71 Å². The molecule has 0 saturated heterocycles. The number of non-ortho nitro benzene ring substituents is 1. The number of nitrogens with zero attached hydrogens (tertiary/aromatic N) is 2. The number of hydrogen-bond acceptors (Lipinski definition) is 2. The lowest BCUT2D eigenvalue weighted by molar-refractivity contribution is -0.384. The average molecular weight is 203 g/mol. The second kappa shape index (κ2) is 3.81. The first kappa shape index (κ1) is 9.83. The van der Waals surface area contributed by atoms with Crippen molar-refractivity contribution in [3.05, 3.63) is 45.4 Å². The van der Waals surface area contributed by atoms with E-state index in [1.807, 2.05) is 0 Å². The minimum Gasteiger partial charge on any atom is -0.807 e. The van der Waals surface area contributed by atoms with Crippen LogP contribution in [0.25, 0.3) is 5.41 Å². The molecule has 4 heteroatoms. The van der Waals surface area contributed by atoms with Crippen LogP contribution in [-0.4, -0.2) is 10.6 Å². The molecule has 0 bridgehead atoms. The van der Waals surface area contributed by atoms with Crippen molar-refractivity contribution in [1.82, 2.24) is 0 Å². The summed E-state index contributed by atoms with van der Waals surface area (Å²) >= 11 is 0. The quantitative estimate of drug-likeness (QED) is 0.430. The number of rotatable bonds is 3. The van der Waals surface area contributed by atoms with Crippen molar-refractivity contribution in [2.45, 2.75) is 19.3 Å². The monoisotopic (exact) mass is 203 g/mol. The Balaban J connectivity index is 2.15. The molecule has 0 atom stereocenters. The molecule has 1 aromatic rings. The summed E-state index contributed by atoms with van der Waals surface area (Å²) in [6.07, 6.45) is 3.19. The van der Waals surface area contributed by atoms with Gasteiger partial charge in [-0.15, -0.1) is 0 Å². The Morgan fingerprint density at radius 1 is 1.33 bits per heavy atom. The summed E-state index contributed by atoms with van der Waals surface area (Å²) in [6.45, 7) is 0. The van der Waals surface area contributed by atoms with E-state index in [-0.39, 0.29) is 11.6 Å². The average Bonchev–Trinajstić information content (AvgIpc) is 2.15. The van der Waals surface area contributed by atoms with Gasteiger partial charge in [0.05, 0.1) is 4.92 Å². The van der Waals surface area contributed by atoms with E-state index in [1.165, 1.54) is 12.1 Å². The molecule has 0 amide bonds. The lowest BCUT2D eigenvalue weighted by Gasteiger charge is -2.32. The van der Waals surface area contributed by atoms with Gasteiger partial charge in [0.25, 0.3) is 5.69 Å². The fourth-order valence-electron chi connectivity index (χ4n) is 1.67. The van der Waals surface area contributed by atoms with E-state index in [2.05, 4.69) is 0 Å². The van der Waals surface area contributed by atoms with E-state index in [1.54, 1.807) is 12.1 Å². The Labute approximate surface area is 87.6 Å². The summed E-state index contributed by atoms with van der Waals surface area (Å²) in [5.74, 6) is 0.256. The highest BCUT2D eigenvalue weighted by molar-refractivity contribution is 6.05. The van der Waals surface area contributed by atoms with Gasteiger partial charge in [0, 0.05) is 12.1 Å². The molecule has 1 aromatic carbocycles. The molecule has 1 fully saturated rings. The summed E-state index contributed by atoms with van der Waals surface area (Å²) < 4.78 is 0. The van der Waals surface area contributed by atoms with Crippen LogP contribution in [0.2, 0.25) is 0 Å². The highest BCUT2D eigenvalue weighted by Gasteiger charge is 2.18. The van der Waals surface area contributed by atoms with E-state index in [9.17, 15) is 15.5 Å². The van der Waals surface area contributed by atoms with Gasteiger partial charge in [0.15, 0.2) is 0 Å². The third-order valence-corrected chi connectivity index (χ3v) is 2.87. The summed E-state index contributed by atoms with van der Waals surface area (Å²) in [5.41, 5.74) is 1.13. The zero-order valence-corrected chi connectivity index (χ0v) is 8.22. The second-order valence-electron chi connectivity index (χ2n) is 3.82. The molecule has 78 valence electrons. The van der Waals surface area contributed by atoms with Crippen LogP contribution in [0.15, 0.2) is 24.3 Å². The van der Waals surface area contributed by atoms with Crippen molar-refractivity contribution in [1.29, 1.82) is 0 Å². The van der Waals surface area contributed by atoms with Crippen molar-refractivity contribution in [2.24, 2.45) is 5.92 Å². The van der Waals surface area contributed by atoms with Gasteiger partial charge in [-0.25, -0.2) is 0 Å². The van der Waals surface area contributed by atoms with Gasteiger partial charge >= 0.3 is 0 Å². The van der Waals surface area contributed by atoms with Crippen molar-refractivity contribution in [2.75, 3.05) is 0 Å². The molecule has 1 aliphatic carbocycles. The van der Waals surface area contributed by atoms with Crippen molar-refractivity contribution in [3.63, 3.8) is 0 Å². The second-order valence-corrected chi connectivity index (χ2v) is 3.82. The maximum atomic E-state index is 10.4. The smallest absolute Gasteiger partial charge is 0.269 e. The van der Waals surface area contributed by atoms with E-state index in [4.69, 9.17) is 0 Å². The zero-order chi connectivity index (χ0) is 10.8. The van der Waals surface area contributed by atoms with Crippen LogP contribution < -0.4 is 0 Å². The van der Waals surface area contributed by atoms with Crippen LogP contribution in [0, 0.1) is 16.0 Å². The van der Waals surface area contributed by atoms with Gasteiger partial charge in [0.2, 0.25) is 0 Å². The molecule has 0 spiro atoms. The summed E-state index contributed by atoms with van der Waals surface area (Å²) in [4.78, 5) is 9.98. The molecule has 0 aromatic heterocycles. The van der Waals surface area contributed by atoms with Gasteiger partial charge in [-0.3, -0.25) is 10.1 Å². The molecule has 1 aliphatic rings. The molecule has 4 nitrogen and oxygen atoms in total. The van der Waals surface area contributed by atoms with Crippen LogP contribution in [0.3, 0.4) is 0 Å². The molecule has 15 heavy (non-hydrogen) atoms. The maximum absolute atomic E-state index is 10.4. The van der Waals surface area contributed by atoms with Crippen LogP contribution in [0.1, 0.15) is 24.8 Å². The third-order valence-electron chi connectivity index (χ3n) is 2.87. The molecule has 2 rings (SSSR count). The molecule has 0 unspecified atom stereocenters. The topological polar surface area (TPSA) is 65.4 Å². The standard InChI is InChI=1S/C11H11N2O2/c12-11(8-2-1-3-8)9-4-6-10(7-5-9)13(14)15/h4-8H,1-3H2/q-1. The molecule has 0 aliphatic heterocycles. The van der Waals surface area contributed by atoms with Crippen molar-refractivity contribution in [3.8, 4) is 0 Å². The number of benzene rings is 1. The van der Waals surface area contributed by atoms with E-state index >= 15 is 0 Å². The Hall–Kier alpha value is -1.71. The lowest BCUT2D eigenvalue weighted by atomic mass is 9.79. The molecule has 0 heterocycles. The molecule has 1 saturated carbocycles. The fourth-order valence-corrected chi connectivity index (χ4v) is 1.67. The summed E-state index contributed by atoms with van der Waals surface area (Å²) in [7, 11) is 0. The fraction of sp³-hybridized carbons (Fsp3) is 0.364. The highest BCUT2D eigenvalue weighted by atomic mass is 16.6. The molecular formula is C11H11N2O2-. The predicted molar refractivity (Wildman–Crippen MR) is 57.9 cm³/mol. The van der Waals surface area contributed by atoms with E-state index < -0.39 is 4.92 Å². The first-order valence-electron chi connectivity index (χ1n) is 4.99. The Kier molecular flexibility index (Phi) is 2.49. The van der Waals surface area contributed by atoms with Crippen LogP contribution in [-0.2, 0) is 0 Å². The van der Waals surface area contributed by atoms with Crippen molar-refractivity contribution < 1.29 is 4.92 Å². The zero-order valence-electron chi connectivity index (χ0n) is 8.22. The number of hydrogen-bond donors (Lipinski definition) is 0. The number of nitro groups is 1. The van der Waals surface area contributed by atoms with Gasteiger partial charge in [0.1, 0.15) is 0 Å². The van der Waals surface area contributed by atoms with Crippen LogP contribution in [0.4, 0.5) is 5.69 Å². The third kappa shape index (κ3) is 1.88. The van der Waals surface area contributed by atoms with E-state index in [0.29, 0.717) is 11.3 Å². The first-order chi connectivity index (χ1) is 7.18. The van der Waals surface area contributed by atoms with Crippen LogP contribution in [0.5, 0.6) is 0 Å². The minimum atomic E-state index is -0.440. The van der Waals surface area contributed by atoms with Crippen molar-refractivity contribution >= 4 is 11.4 Å². The highest BCUT2D eigenvalue weighted by Crippen LogP contribution is 2.30. The Bertz CT molecular complexity index is 394. The SMILES string of the molecule is [N-]=C(c1ccc([N+](=O)[O-])cc1)C1CCC1. The summed E-state index contributed by atoms with van der Waals surface area (Å²) in [6, 6.07) is 6.05. The van der Waals surface area contributed by atoms with Gasteiger partial charge < -0.3 is 5.41 Å². The largest absolute Gasteiger partial charge is 0.807 e. The molecule has 0 N–H and O–H groups in total. The Morgan fingerprint density at radius 3 is 2.33 bits per heavy atom. The molecular weight excluding hydrogens is 192 g/mol. The first-order valence-corrected chi connectivity index (χ1v) is 4.99. The predicted octanol–water partition coefficient (Wildman–Crippen LogP) is 2.75. The normalized spacial score (nSPS) is 15.7. The lowest BCUT2D eigenvalue weighted by Crippen LogP contribution is -2.21. The van der Waals surface area contributed by atoms with Gasteiger partial charge in [-0.05, 0) is 36.5 Å².